The fraction of sp³-hybridized carbons (Fsp3) is 0.263. The van der Waals surface area contributed by atoms with Crippen LogP contribution in [0.5, 0.6) is 5.75 Å². The SMILES string of the molecule is COc1ccccc1[C@H](C)[NH2+][C@H](C)C(=O)Nc1ccccc1C#N. The van der Waals surface area contributed by atoms with E-state index in [1.165, 1.54) is 0 Å². The zero-order valence-corrected chi connectivity index (χ0v) is 14.1. The number of anilines is 1. The largest absolute Gasteiger partial charge is 0.496 e. The summed E-state index contributed by atoms with van der Waals surface area (Å²) in [5, 5.41) is 13.9. The molecule has 5 nitrogen and oxygen atoms in total. The van der Waals surface area contributed by atoms with Gasteiger partial charge in [0.05, 0.1) is 23.9 Å². The van der Waals surface area contributed by atoms with Crippen LogP contribution in [0.15, 0.2) is 48.5 Å². The Kier molecular flexibility index (Phi) is 5.94. The molecular weight excluding hydrogens is 302 g/mol. The van der Waals surface area contributed by atoms with E-state index >= 15 is 0 Å². The van der Waals surface area contributed by atoms with Crippen LogP contribution >= 0.6 is 0 Å². The average molecular weight is 324 g/mol. The molecule has 0 heterocycles. The van der Waals surface area contributed by atoms with Crippen LogP contribution in [0.4, 0.5) is 5.69 Å². The molecule has 0 spiro atoms. The lowest BCUT2D eigenvalue weighted by molar-refractivity contribution is -0.709. The number of nitriles is 1. The smallest absolute Gasteiger partial charge is 0.282 e. The highest BCUT2D eigenvalue weighted by molar-refractivity contribution is 5.94. The Bertz CT molecular complexity index is 752. The van der Waals surface area contributed by atoms with Crippen LogP contribution in [0.1, 0.15) is 31.0 Å². The summed E-state index contributed by atoms with van der Waals surface area (Å²) in [7, 11) is 1.64. The van der Waals surface area contributed by atoms with Crippen molar-refractivity contribution in [3.63, 3.8) is 0 Å². The molecule has 0 aromatic heterocycles. The van der Waals surface area contributed by atoms with Gasteiger partial charge < -0.3 is 15.4 Å². The highest BCUT2D eigenvalue weighted by atomic mass is 16.5. The predicted octanol–water partition coefficient (Wildman–Crippen LogP) is 2.22. The van der Waals surface area contributed by atoms with Crippen molar-refractivity contribution in [1.29, 1.82) is 5.26 Å². The van der Waals surface area contributed by atoms with E-state index in [-0.39, 0.29) is 18.0 Å². The summed E-state index contributed by atoms with van der Waals surface area (Å²) in [6.45, 7) is 3.88. The Balaban J connectivity index is 2.05. The molecule has 24 heavy (non-hydrogen) atoms. The zero-order chi connectivity index (χ0) is 17.5. The summed E-state index contributed by atoms with van der Waals surface area (Å²) in [6.07, 6.45) is 0. The van der Waals surface area contributed by atoms with Crippen LogP contribution in [-0.2, 0) is 4.79 Å². The quantitative estimate of drug-likeness (QED) is 0.855. The summed E-state index contributed by atoms with van der Waals surface area (Å²) in [4.78, 5) is 12.4. The number of benzene rings is 2. The summed E-state index contributed by atoms with van der Waals surface area (Å²) in [6, 6.07) is 16.6. The first-order chi connectivity index (χ1) is 11.6. The lowest BCUT2D eigenvalue weighted by Gasteiger charge is -2.18. The van der Waals surface area contributed by atoms with E-state index in [1.54, 1.807) is 31.4 Å². The van der Waals surface area contributed by atoms with Crippen LogP contribution < -0.4 is 15.4 Å². The summed E-state index contributed by atoms with van der Waals surface area (Å²) < 4.78 is 5.38. The van der Waals surface area contributed by atoms with Gasteiger partial charge in [-0.25, -0.2) is 0 Å². The minimum Gasteiger partial charge on any atom is -0.496 e. The van der Waals surface area contributed by atoms with Crippen molar-refractivity contribution in [3.8, 4) is 11.8 Å². The van der Waals surface area contributed by atoms with Gasteiger partial charge in [-0.05, 0) is 38.1 Å². The molecule has 0 aliphatic heterocycles. The second kappa shape index (κ2) is 8.14. The van der Waals surface area contributed by atoms with E-state index in [9.17, 15) is 4.79 Å². The van der Waals surface area contributed by atoms with Crippen molar-refractivity contribution in [2.75, 3.05) is 12.4 Å². The third kappa shape index (κ3) is 4.12. The lowest BCUT2D eigenvalue weighted by Crippen LogP contribution is -2.91. The molecule has 5 heteroatoms. The number of para-hydroxylation sites is 2. The van der Waals surface area contributed by atoms with Crippen molar-refractivity contribution in [3.05, 3.63) is 59.7 Å². The Morgan fingerprint density at radius 1 is 1.17 bits per heavy atom. The molecule has 0 aliphatic carbocycles. The number of hydrogen-bond acceptors (Lipinski definition) is 3. The monoisotopic (exact) mass is 324 g/mol. The molecule has 2 aromatic carbocycles. The van der Waals surface area contributed by atoms with Gasteiger partial charge in [0.1, 0.15) is 17.9 Å². The van der Waals surface area contributed by atoms with Gasteiger partial charge in [0, 0.05) is 0 Å². The summed E-state index contributed by atoms with van der Waals surface area (Å²) >= 11 is 0. The molecule has 0 aliphatic rings. The van der Waals surface area contributed by atoms with Crippen molar-refractivity contribution in [2.24, 2.45) is 0 Å². The third-order valence-electron chi connectivity index (χ3n) is 3.93. The maximum atomic E-state index is 12.4. The maximum Gasteiger partial charge on any atom is 0.282 e. The molecule has 1 amide bonds. The molecule has 0 fully saturated rings. The second-order valence-electron chi connectivity index (χ2n) is 5.66. The van der Waals surface area contributed by atoms with Crippen molar-refractivity contribution in [1.82, 2.24) is 0 Å². The number of methoxy groups -OCH3 is 1. The normalized spacial score (nSPS) is 12.8. The van der Waals surface area contributed by atoms with Crippen LogP contribution in [-0.4, -0.2) is 19.1 Å². The van der Waals surface area contributed by atoms with Gasteiger partial charge in [-0.2, -0.15) is 5.26 Å². The first kappa shape index (κ1) is 17.5. The minimum atomic E-state index is -0.309. The van der Waals surface area contributed by atoms with Gasteiger partial charge in [0.25, 0.3) is 5.91 Å². The molecule has 124 valence electrons. The lowest BCUT2D eigenvalue weighted by atomic mass is 10.1. The Labute approximate surface area is 142 Å². The van der Waals surface area contributed by atoms with E-state index in [0.29, 0.717) is 11.3 Å². The maximum absolute atomic E-state index is 12.4. The number of carbonyl (C=O) groups excluding carboxylic acids is 1. The van der Waals surface area contributed by atoms with Gasteiger partial charge in [0.15, 0.2) is 6.04 Å². The predicted molar refractivity (Wildman–Crippen MR) is 92.6 cm³/mol. The molecule has 2 rings (SSSR count). The van der Waals surface area contributed by atoms with Crippen LogP contribution in [0, 0.1) is 11.3 Å². The number of nitrogens with one attached hydrogen (secondary N) is 1. The highest BCUT2D eigenvalue weighted by Crippen LogP contribution is 2.22. The number of quaternary nitrogens is 1. The van der Waals surface area contributed by atoms with Gasteiger partial charge in [0.2, 0.25) is 0 Å². The van der Waals surface area contributed by atoms with E-state index in [0.717, 1.165) is 11.3 Å². The number of rotatable bonds is 6. The van der Waals surface area contributed by atoms with E-state index in [4.69, 9.17) is 10.00 Å². The van der Waals surface area contributed by atoms with Crippen molar-refractivity contribution < 1.29 is 14.8 Å². The molecular formula is C19H22N3O2+. The fourth-order valence-corrected chi connectivity index (χ4v) is 2.60. The number of carbonyl (C=O) groups is 1. The number of amides is 1. The van der Waals surface area contributed by atoms with Crippen LogP contribution in [0.3, 0.4) is 0 Å². The minimum absolute atomic E-state index is 0.0631. The molecule has 0 saturated carbocycles. The number of ether oxygens (including phenoxy) is 1. The number of hydrogen-bond donors (Lipinski definition) is 2. The molecule has 0 radical (unpaired) electrons. The zero-order valence-electron chi connectivity index (χ0n) is 14.1. The number of nitrogens with zero attached hydrogens (tertiary/aromatic N) is 1. The highest BCUT2D eigenvalue weighted by Gasteiger charge is 2.22. The molecule has 0 unspecified atom stereocenters. The topological polar surface area (TPSA) is 78.7 Å². The Hall–Kier alpha value is -2.84. The second-order valence-corrected chi connectivity index (χ2v) is 5.66. The van der Waals surface area contributed by atoms with Crippen LogP contribution in [0.25, 0.3) is 0 Å². The van der Waals surface area contributed by atoms with Gasteiger partial charge in [-0.3, -0.25) is 4.79 Å². The standard InChI is InChI=1S/C19H21N3O2/c1-13(16-9-5-7-11-18(16)24-3)21-14(2)19(23)22-17-10-6-4-8-15(17)12-20/h4-11,13-14,21H,1-3H3,(H,22,23)/p+1/t13-,14+/m0/s1. The number of nitrogens with two attached hydrogens (primary N) is 1. The van der Waals surface area contributed by atoms with E-state index < -0.39 is 0 Å². The van der Waals surface area contributed by atoms with E-state index in [2.05, 4.69) is 11.4 Å². The van der Waals surface area contributed by atoms with Gasteiger partial charge in [-0.1, -0.05) is 24.3 Å². The third-order valence-corrected chi connectivity index (χ3v) is 3.93. The van der Waals surface area contributed by atoms with Crippen LogP contribution in [0.2, 0.25) is 0 Å². The average Bonchev–Trinajstić information content (AvgIpc) is 2.61. The Morgan fingerprint density at radius 3 is 2.54 bits per heavy atom. The molecule has 3 N–H and O–H groups in total. The molecule has 2 atom stereocenters. The first-order valence-electron chi connectivity index (χ1n) is 7.84. The Morgan fingerprint density at radius 2 is 1.83 bits per heavy atom. The molecule has 2 aromatic rings. The van der Waals surface area contributed by atoms with Crippen molar-refractivity contribution in [2.45, 2.75) is 25.9 Å². The van der Waals surface area contributed by atoms with Gasteiger partial charge >= 0.3 is 0 Å². The summed E-state index contributed by atoms with van der Waals surface area (Å²) in [5.41, 5.74) is 2.03. The van der Waals surface area contributed by atoms with Gasteiger partial charge in [-0.15, -0.1) is 0 Å². The first-order valence-corrected chi connectivity index (χ1v) is 7.84. The molecule has 0 saturated heterocycles. The fourth-order valence-electron chi connectivity index (χ4n) is 2.60. The summed E-state index contributed by atoms with van der Waals surface area (Å²) in [5.74, 6) is 0.670. The molecule has 0 bridgehead atoms. The van der Waals surface area contributed by atoms with E-state index in [1.807, 2.05) is 43.4 Å². The van der Waals surface area contributed by atoms with Crippen molar-refractivity contribution >= 4 is 11.6 Å².